The first kappa shape index (κ1) is 27.5. The summed E-state index contributed by atoms with van der Waals surface area (Å²) in [5.41, 5.74) is 5.97. The van der Waals surface area contributed by atoms with Crippen molar-refractivity contribution in [2.75, 3.05) is 14.1 Å². The lowest BCUT2D eigenvalue weighted by Crippen LogP contribution is -2.65. The number of aliphatic hydroxyl groups is 3. The van der Waals surface area contributed by atoms with E-state index in [-0.39, 0.29) is 29.7 Å². The highest BCUT2D eigenvalue weighted by molar-refractivity contribution is 6.24. The molecule has 0 aromatic heterocycles. The summed E-state index contributed by atoms with van der Waals surface area (Å²) in [7, 11) is 3.18. The van der Waals surface area contributed by atoms with Gasteiger partial charge in [0, 0.05) is 11.5 Å². The molecule has 41 heavy (non-hydrogen) atoms. The molecule has 0 heterocycles. The van der Waals surface area contributed by atoms with Crippen LogP contribution in [0, 0.1) is 17.8 Å². The number of amides is 1. The smallest absolute Gasteiger partial charge is 0.255 e. The van der Waals surface area contributed by atoms with Gasteiger partial charge in [-0.2, -0.15) is 0 Å². The van der Waals surface area contributed by atoms with Gasteiger partial charge in [-0.1, -0.05) is 49.5 Å². The standard InChI is InChI=1S/C32H36N2O7/c1-34(2)26-21-14-18-13-20-19(17-8-7-16(12-17)11-15-5-3-4-6-15)9-10-22(35)24(20)27(36)23(18)29(38)32(21,41)30(39)25(28(26)37)31(33)40/h7-10,15,18,21,26,35-36,39,41H,3-6,11-14H2,1-2H3,(H2,33,40)/t18-,21-,26-,32-/m0/s1. The number of rotatable bonds is 5. The predicted octanol–water partition coefficient (Wildman–Crippen LogP) is 3.26. The summed E-state index contributed by atoms with van der Waals surface area (Å²) in [6.07, 6.45) is 11.5. The van der Waals surface area contributed by atoms with Crippen LogP contribution in [0.15, 0.2) is 46.8 Å². The highest BCUT2D eigenvalue weighted by Crippen LogP contribution is 2.53. The molecule has 5 aliphatic carbocycles. The Morgan fingerprint density at radius 1 is 1.10 bits per heavy atom. The molecule has 0 saturated heterocycles. The molecule has 216 valence electrons. The van der Waals surface area contributed by atoms with Crippen molar-refractivity contribution in [2.24, 2.45) is 23.5 Å². The van der Waals surface area contributed by atoms with Crippen molar-refractivity contribution in [3.8, 4) is 5.75 Å². The number of hydrogen-bond donors (Lipinski definition) is 5. The van der Waals surface area contributed by atoms with Crippen molar-refractivity contribution in [1.82, 2.24) is 4.90 Å². The van der Waals surface area contributed by atoms with Crippen LogP contribution in [-0.2, 0) is 20.8 Å². The van der Waals surface area contributed by atoms with Gasteiger partial charge in [0.2, 0.25) is 5.78 Å². The van der Waals surface area contributed by atoms with Gasteiger partial charge in [0.25, 0.3) is 5.91 Å². The number of fused-ring (bicyclic) bond motifs is 3. The summed E-state index contributed by atoms with van der Waals surface area (Å²) < 4.78 is 0. The van der Waals surface area contributed by atoms with Gasteiger partial charge in [0.15, 0.2) is 11.4 Å². The van der Waals surface area contributed by atoms with E-state index in [0.29, 0.717) is 11.5 Å². The van der Waals surface area contributed by atoms with Crippen molar-refractivity contribution < 1.29 is 34.8 Å². The summed E-state index contributed by atoms with van der Waals surface area (Å²) in [5, 5.41) is 45.1. The molecule has 0 aliphatic heterocycles. The second-order valence-corrected chi connectivity index (χ2v) is 12.5. The van der Waals surface area contributed by atoms with E-state index in [1.165, 1.54) is 42.2 Å². The molecule has 1 aromatic carbocycles. The lowest BCUT2D eigenvalue weighted by molar-refractivity contribution is -0.153. The Balaban J connectivity index is 1.42. The molecule has 1 amide bonds. The summed E-state index contributed by atoms with van der Waals surface area (Å²) in [6.45, 7) is 0. The van der Waals surface area contributed by atoms with Crippen molar-refractivity contribution in [3.05, 3.63) is 63.5 Å². The number of aliphatic hydroxyl groups excluding tert-OH is 2. The number of phenols is 1. The number of ketones is 2. The lowest BCUT2D eigenvalue weighted by atomic mass is 9.57. The predicted molar refractivity (Wildman–Crippen MR) is 151 cm³/mol. The Labute approximate surface area is 238 Å². The second kappa shape index (κ2) is 9.70. The fourth-order valence-corrected chi connectivity index (χ4v) is 8.04. The highest BCUT2D eigenvalue weighted by Gasteiger charge is 2.64. The van der Waals surface area contributed by atoms with E-state index in [9.17, 15) is 34.8 Å². The van der Waals surface area contributed by atoms with E-state index in [1.807, 2.05) is 6.07 Å². The summed E-state index contributed by atoms with van der Waals surface area (Å²) in [5.74, 6) is -5.71. The van der Waals surface area contributed by atoms with Crippen molar-refractivity contribution in [2.45, 2.75) is 63.0 Å². The first-order valence-corrected chi connectivity index (χ1v) is 14.3. The molecular formula is C32H36N2O7. The topological polar surface area (TPSA) is 161 Å². The Bertz CT molecular complexity index is 1510. The van der Waals surface area contributed by atoms with Crippen LogP contribution in [0.25, 0.3) is 11.3 Å². The largest absolute Gasteiger partial charge is 0.508 e. The number of aromatic hydroxyl groups is 1. The average Bonchev–Trinajstić information content (AvgIpc) is 3.59. The number of nitrogens with zero attached hydrogens (tertiary/aromatic N) is 1. The fourth-order valence-electron chi connectivity index (χ4n) is 8.04. The molecule has 0 unspecified atom stereocenters. The van der Waals surface area contributed by atoms with Gasteiger partial charge in [-0.05, 0) is 74.4 Å². The van der Waals surface area contributed by atoms with Gasteiger partial charge in [-0.3, -0.25) is 19.3 Å². The fraction of sp³-hybridized carbons (Fsp3) is 0.469. The maximum absolute atomic E-state index is 14.0. The zero-order chi connectivity index (χ0) is 29.4. The molecule has 2 saturated carbocycles. The molecule has 6 N–H and O–H groups in total. The van der Waals surface area contributed by atoms with Crippen LogP contribution in [0.2, 0.25) is 0 Å². The number of primary amides is 1. The van der Waals surface area contributed by atoms with E-state index in [4.69, 9.17) is 5.73 Å². The van der Waals surface area contributed by atoms with E-state index in [0.717, 1.165) is 24.0 Å². The quantitative estimate of drug-likeness (QED) is 0.343. The minimum Gasteiger partial charge on any atom is -0.508 e. The number of carbonyl (C=O) groups excluding carboxylic acids is 3. The van der Waals surface area contributed by atoms with Crippen LogP contribution in [0.5, 0.6) is 5.75 Å². The molecule has 2 fully saturated rings. The number of carbonyl (C=O) groups is 3. The Morgan fingerprint density at radius 2 is 1.80 bits per heavy atom. The molecule has 0 spiro atoms. The van der Waals surface area contributed by atoms with E-state index >= 15 is 0 Å². The van der Waals surface area contributed by atoms with Crippen molar-refractivity contribution >= 4 is 28.8 Å². The third-order valence-corrected chi connectivity index (χ3v) is 9.91. The van der Waals surface area contributed by atoms with Crippen LogP contribution in [0.3, 0.4) is 0 Å². The van der Waals surface area contributed by atoms with Crippen LogP contribution in [-0.4, -0.2) is 68.5 Å². The zero-order valence-electron chi connectivity index (χ0n) is 23.3. The maximum Gasteiger partial charge on any atom is 0.255 e. The lowest BCUT2D eigenvalue weighted by Gasteiger charge is -2.50. The minimum absolute atomic E-state index is 0.0745. The third kappa shape index (κ3) is 4.00. The first-order valence-electron chi connectivity index (χ1n) is 14.3. The number of Topliss-reactive ketones (excluding diaryl/α,β-unsaturated/α-hetero) is 2. The Kier molecular flexibility index (Phi) is 6.50. The molecule has 4 atom stereocenters. The first-order chi connectivity index (χ1) is 19.4. The van der Waals surface area contributed by atoms with Gasteiger partial charge in [-0.15, -0.1) is 0 Å². The zero-order valence-corrected chi connectivity index (χ0v) is 23.3. The van der Waals surface area contributed by atoms with E-state index in [2.05, 4.69) is 12.2 Å². The Hall–Kier alpha value is -3.69. The van der Waals surface area contributed by atoms with Crippen LogP contribution in [0.1, 0.15) is 61.6 Å². The second-order valence-electron chi connectivity index (χ2n) is 12.5. The normalized spacial score (nSPS) is 29.9. The highest BCUT2D eigenvalue weighted by atomic mass is 16.3. The van der Waals surface area contributed by atoms with Gasteiger partial charge in [0.05, 0.1) is 11.6 Å². The van der Waals surface area contributed by atoms with Gasteiger partial charge >= 0.3 is 0 Å². The molecule has 6 rings (SSSR count). The average molecular weight is 561 g/mol. The summed E-state index contributed by atoms with van der Waals surface area (Å²) in [4.78, 5) is 40.9. The number of hydrogen-bond acceptors (Lipinski definition) is 8. The SMILES string of the molecule is CN(C)[C@@H]1C(=O)C(C(N)=O)=C(O)[C@@]2(O)C(=O)C3=C(O)c4c(O)ccc(C5=CC=C(CC6CCCC6)C5)c4C[C@H]3C[C@@H]12. The van der Waals surface area contributed by atoms with Crippen LogP contribution >= 0.6 is 0 Å². The van der Waals surface area contributed by atoms with Gasteiger partial charge in [0.1, 0.15) is 22.8 Å². The molecule has 9 heteroatoms. The number of likely N-dealkylation sites (N-methyl/N-ethyl adjacent to an activating group) is 1. The van der Waals surface area contributed by atoms with E-state index in [1.54, 1.807) is 14.1 Å². The molecule has 5 aliphatic rings. The number of phenolic OH excluding ortho intramolecular Hbond substituents is 1. The van der Waals surface area contributed by atoms with Gasteiger partial charge in [-0.25, -0.2) is 0 Å². The summed E-state index contributed by atoms with van der Waals surface area (Å²) >= 11 is 0. The Morgan fingerprint density at radius 3 is 2.46 bits per heavy atom. The van der Waals surface area contributed by atoms with Crippen LogP contribution in [0.4, 0.5) is 0 Å². The molecule has 0 radical (unpaired) electrons. The number of nitrogens with two attached hydrogens (primary N) is 1. The monoisotopic (exact) mass is 560 g/mol. The van der Waals surface area contributed by atoms with Crippen LogP contribution < -0.4 is 5.73 Å². The number of allylic oxidation sites excluding steroid dienone is 4. The molecular weight excluding hydrogens is 524 g/mol. The van der Waals surface area contributed by atoms with Crippen molar-refractivity contribution in [3.63, 3.8) is 0 Å². The minimum atomic E-state index is -2.63. The maximum atomic E-state index is 14.0. The number of benzene rings is 1. The molecule has 9 nitrogen and oxygen atoms in total. The van der Waals surface area contributed by atoms with Gasteiger partial charge < -0.3 is 26.2 Å². The molecule has 1 aromatic rings. The third-order valence-electron chi connectivity index (χ3n) is 9.91. The van der Waals surface area contributed by atoms with Crippen molar-refractivity contribution in [1.29, 1.82) is 0 Å². The molecule has 0 bridgehead atoms. The summed E-state index contributed by atoms with van der Waals surface area (Å²) in [6, 6.07) is 2.23. The van der Waals surface area contributed by atoms with E-state index < -0.39 is 58.0 Å².